The lowest BCUT2D eigenvalue weighted by Gasteiger charge is -2.50. The summed E-state index contributed by atoms with van der Waals surface area (Å²) in [6.45, 7) is 4.75. The molecule has 2 aliphatic rings. The van der Waals surface area contributed by atoms with Crippen LogP contribution in [0.5, 0.6) is 0 Å². The maximum absolute atomic E-state index is 11.2. The first-order valence-corrected chi connectivity index (χ1v) is 7.75. The summed E-state index contributed by atoms with van der Waals surface area (Å²) in [6.07, 6.45) is 9.60. The molecule has 1 heterocycles. The normalized spacial score (nSPS) is 32.5. The van der Waals surface area contributed by atoms with Crippen molar-refractivity contribution in [3.63, 3.8) is 0 Å². The van der Waals surface area contributed by atoms with Crippen LogP contribution in [-0.2, 0) is 0 Å². The van der Waals surface area contributed by atoms with Crippen LogP contribution in [0.15, 0.2) is 0 Å². The number of nitrogens with two attached hydrogens (primary N) is 1. The smallest absolute Gasteiger partial charge is 0.0727 e. The average molecular weight is 254 g/mol. The Bertz CT molecular complexity index is 251. The number of rotatable bonds is 3. The summed E-state index contributed by atoms with van der Waals surface area (Å²) in [6, 6.07) is 0. The topological polar surface area (TPSA) is 58.3 Å². The lowest BCUT2D eigenvalue weighted by atomic mass is 9.61. The molecule has 0 radical (unpaired) electrons. The fraction of sp³-hybridized carbons (Fsp3) is 1.00. The highest BCUT2D eigenvalue weighted by Gasteiger charge is 2.50. The lowest BCUT2D eigenvalue weighted by molar-refractivity contribution is -0.122. The van der Waals surface area contributed by atoms with E-state index in [-0.39, 0.29) is 5.41 Å². The fourth-order valence-electron chi connectivity index (χ4n) is 4.09. The van der Waals surface area contributed by atoms with Gasteiger partial charge in [-0.1, -0.05) is 25.7 Å². The van der Waals surface area contributed by atoms with E-state index in [4.69, 9.17) is 5.73 Å². The lowest BCUT2D eigenvalue weighted by Crippen LogP contribution is -2.58. The molecule has 2 atom stereocenters. The standard InChI is InChI=1S/C15H30N2O/c1-14(18,13-7-6-10-17-11-13)15(12-16)8-4-2-3-5-9-15/h13,17-18H,2-12,16H2,1H3. The zero-order chi connectivity index (χ0) is 13.1. The molecule has 2 unspecified atom stereocenters. The van der Waals surface area contributed by atoms with Crippen LogP contribution in [0.2, 0.25) is 0 Å². The molecule has 3 nitrogen and oxygen atoms in total. The number of aliphatic hydroxyl groups is 1. The molecule has 0 aromatic carbocycles. The van der Waals surface area contributed by atoms with Gasteiger partial charge in [0.15, 0.2) is 0 Å². The predicted molar refractivity (Wildman–Crippen MR) is 75.4 cm³/mol. The Morgan fingerprint density at radius 3 is 2.39 bits per heavy atom. The monoisotopic (exact) mass is 254 g/mol. The Morgan fingerprint density at radius 1 is 1.22 bits per heavy atom. The largest absolute Gasteiger partial charge is 0.389 e. The van der Waals surface area contributed by atoms with E-state index >= 15 is 0 Å². The van der Waals surface area contributed by atoms with Gasteiger partial charge in [-0.15, -0.1) is 0 Å². The van der Waals surface area contributed by atoms with Gasteiger partial charge in [0.1, 0.15) is 0 Å². The molecule has 4 N–H and O–H groups in total. The predicted octanol–water partition coefficient (Wildman–Crippen LogP) is 2.04. The molecule has 1 aliphatic carbocycles. The molecule has 18 heavy (non-hydrogen) atoms. The van der Waals surface area contributed by atoms with E-state index in [0.717, 1.165) is 32.4 Å². The minimum Gasteiger partial charge on any atom is -0.389 e. The van der Waals surface area contributed by atoms with Crippen molar-refractivity contribution in [2.75, 3.05) is 19.6 Å². The van der Waals surface area contributed by atoms with Gasteiger partial charge in [-0.2, -0.15) is 0 Å². The van der Waals surface area contributed by atoms with E-state index in [1.807, 2.05) is 0 Å². The van der Waals surface area contributed by atoms with Crippen LogP contribution in [0.3, 0.4) is 0 Å². The second kappa shape index (κ2) is 5.89. The third-order valence-electron chi connectivity index (χ3n) is 5.62. The van der Waals surface area contributed by atoms with Gasteiger partial charge in [0, 0.05) is 24.4 Å². The van der Waals surface area contributed by atoms with Crippen LogP contribution in [-0.4, -0.2) is 30.3 Å². The van der Waals surface area contributed by atoms with Gasteiger partial charge < -0.3 is 16.2 Å². The maximum Gasteiger partial charge on any atom is 0.0727 e. The first kappa shape index (κ1) is 14.3. The van der Waals surface area contributed by atoms with E-state index < -0.39 is 5.60 Å². The second-order valence-electron chi connectivity index (χ2n) is 6.59. The van der Waals surface area contributed by atoms with Gasteiger partial charge >= 0.3 is 0 Å². The average Bonchev–Trinajstić information content (AvgIpc) is 2.66. The van der Waals surface area contributed by atoms with Crippen LogP contribution >= 0.6 is 0 Å². The zero-order valence-corrected chi connectivity index (χ0v) is 11.9. The van der Waals surface area contributed by atoms with Crippen molar-refractivity contribution in [2.24, 2.45) is 17.1 Å². The molecule has 1 aliphatic heterocycles. The van der Waals surface area contributed by atoms with E-state index in [1.54, 1.807) is 0 Å². The van der Waals surface area contributed by atoms with Crippen molar-refractivity contribution in [1.82, 2.24) is 5.32 Å². The molecular weight excluding hydrogens is 224 g/mol. The molecule has 106 valence electrons. The Balaban J connectivity index is 2.16. The van der Waals surface area contributed by atoms with E-state index in [2.05, 4.69) is 12.2 Å². The van der Waals surface area contributed by atoms with Crippen LogP contribution in [0, 0.1) is 11.3 Å². The van der Waals surface area contributed by atoms with Gasteiger partial charge in [-0.3, -0.25) is 0 Å². The van der Waals surface area contributed by atoms with Crippen molar-refractivity contribution < 1.29 is 5.11 Å². The van der Waals surface area contributed by atoms with Crippen molar-refractivity contribution in [1.29, 1.82) is 0 Å². The summed E-state index contributed by atoms with van der Waals surface area (Å²) in [5.41, 5.74) is 5.46. The fourth-order valence-corrected chi connectivity index (χ4v) is 4.09. The molecule has 0 aromatic heterocycles. The zero-order valence-electron chi connectivity index (χ0n) is 11.9. The van der Waals surface area contributed by atoms with Crippen molar-refractivity contribution >= 4 is 0 Å². The Morgan fingerprint density at radius 2 is 1.89 bits per heavy atom. The first-order valence-electron chi connectivity index (χ1n) is 7.75. The number of hydrogen-bond donors (Lipinski definition) is 3. The second-order valence-corrected chi connectivity index (χ2v) is 6.59. The quantitative estimate of drug-likeness (QED) is 0.676. The Kier molecular flexibility index (Phi) is 4.68. The highest BCUT2D eigenvalue weighted by atomic mass is 16.3. The third kappa shape index (κ3) is 2.59. The summed E-state index contributed by atoms with van der Waals surface area (Å²) in [7, 11) is 0. The third-order valence-corrected chi connectivity index (χ3v) is 5.62. The van der Waals surface area contributed by atoms with Crippen molar-refractivity contribution in [3.05, 3.63) is 0 Å². The molecule has 1 saturated heterocycles. The van der Waals surface area contributed by atoms with Crippen LogP contribution < -0.4 is 11.1 Å². The summed E-state index contributed by atoms with van der Waals surface area (Å²) in [4.78, 5) is 0. The Hall–Kier alpha value is -0.120. The van der Waals surface area contributed by atoms with Crippen molar-refractivity contribution in [2.45, 2.75) is 63.9 Å². The van der Waals surface area contributed by atoms with Gasteiger partial charge in [-0.25, -0.2) is 0 Å². The van der Waals surface area contributed by atoms with Crippen LogP contribution in [0.4, 0.5) is 0 Å². The SMILES string of the molecule is CC(O)(C1CCCNC1)C1(CN)CCCCCC1. The van der Waals surface area contributed by atoms with Gasteiger partial charge in [0.05, 0.1) is 5.60 Å². The summed E-state index contributed by atoms with van der Waals surface area (Å²) in [5.74, 6) is 0.368. The molecule has 3 heteroatoms. The van der Waals surface area contributed by atoms with Gasteiger partial charge in [-0.05, 0) is 39.2 Å². The minimum atomic E-state index is -0.612. The first-order chi connectivity index (χ1) is 8.62. The molecule has 0 bridgehead atoms. The van der Waals surface area contributed by atoms with Crippen molar-refractivity contribution in [3.8, 4) is 0 Å². The molecule has 1 saturated carbocycles. The van der Waals surface area contributed by atoms with E-state index in [1.165, 1.54) is 32.1 Å². The molecular formula is C15H30N2O. The molecule has 2 fully saturated rings. The summed E-state index contributed by atoms with van der Waals surface area (Å²) < 4.78 is 0. The highest BCUT2D eigenvalue weighted by Crippen LogP contribution is 2.47. The van der Waals surface area contributed by atoms with Crippen LogP contribution in [0.25, 0.3) is 0 Å². The Labute approximate surface area is 112 Å². The van der Waals surface area contributed by atoms with E-state index in [0.29, 0.717) is 12.5 Å². The molecule has 0 aromatic rings. The number of piperidine rings is 1. The number of hydrogen-bond acceptors (Lipinski definition) is 3. The molecule has 2 rings (SSSR count). The van der Waals surface area contributed by atoms with E-state index in [9.17, 15) is 5.11 Å². The highest BCUT2D eigenvalue weighted by molar-refractivity contribution is 5.02. The summed E-state index contributed by atoms with van der Waals surface area (Å²) in [5, 5.41) is 14.7. The maximum atomic E-state index is 11.2. The van der Waals surface area contributed by atoms with Gasteiger partial charge in [0.25, 0.3) is 0 Å². The summed E-state index contributed by atoms with van der Waals surface area (Å²) >= 11 is 0. The van der Waals surface area contributed by atoms with Crippen LogP contribution in [0.1, 0.15) is 58.3 Å². The number of nitrogens with one attached hydrogen (secondary N) is 1. The minimum absolute atomic E-state index is 0.0484. The van der Waals surface area contributed by atoms with Gasteiger partial charge in [0.2, 0.25) is 0 Å². The molecule has 0 amide bonds. The molecule has 0 spiro atoms.